The SMILES string of the molecule is CCCCCCCCCCCC[C@H](OCOC)[C@H]1CC[C@H]([C@@H](CC#C/C=C/CCCCCCCCCC2=C[C@H](C)OC2=O)OCOC)O1. The first-order valence-corrected chi connectivity index (χ1v) is 19.5. The second-order valence-electron chi connectivity index (χ2n) is 13.7. The third kappa shape index (κ3) is 20.1. The minimum Gasteiger partial charge on any atom is -0.455 e. The minimum atomic E-state index is -0.122. The van der Waals surface area contributed by atoms with Gasteiger partial charge in [-0.2, -0.15) is 0 Å². The monoisotopic (exact) mass is 675 g/mol. The van der Waals surface area contributed by atoms with Gasteiger partial charge in [-0.05, 0) is 64.0 Å². The summed E-state index contributed by atoms with van der Waals surface area (Å²) in [6.07, 6.45) is 33.2. The molecule has 0 unspecified atom stereocenters. The van der Waals surface area contributed by atoms with Gasteiger partial charge in [-0.1, -0.05) is 121 Å². The second-order valence-corrected chi connectivity index (χ2v) is 13.7. The summed E-state index contributed by atoms with van der Waals surface area (Å²) >= 11 is 0. The summed E-state index contributed by atoms with van der Waals surface area (Å²) in [6, 6.07) is 0. The first kappa shape index (κ1) is 42.5. The summed E-state index contributed by atoms with van der Waals surface area (Å²) in [5.74, 6) is 6.38. The maximum Gasteiger partial charge on any atom is 0.334 e. The number of cyclic esters (lactones) is 1. The fourth-order valence-corrected chi connectivity index (χ4v) is 6.69. The van der Waals surface area contributed by atoms with E-state index >= 15 is 0 Å². The highest BCUT2D eigenvalue weighted by Crippen LogP contribution is 2.30. The number of rotatable bonds is 30. The number of hydrogen-bond acceptors (Lipinski definition) is 7. The van der Waals surface area contributed by atoms with E-state index in [0.29, 0.717) is 13.2 Å². The number of ether oxygens (including phenoxy) is 6. The van der Waals surface area contributed by atoms with E-state index in [-0.39, 0.29) is 43.3 Å². The Bertz CT molecular complexity index is 920. The van der Waals surface area contributed by atoms with Gasteiger partial charge in [0, 0.05) is 26.2 Å². The molecule has 0 aliphatic carbocycles. The predicted octanol–water partition coefficient (Wildman–Crippen LogP) is 10.2. The number of methoxy groups -OCH3 is 2. The van der Waals surface area contributed by atoms with Crippen LogP contribution in [-0.2, 0) is 33.2 Å². The molecule has 2 rings (SSSR count). The van der Waals surface area contributed by atoms with Gasteiger partial charge in [0.15, 0.2) is 0 Å². The number of carbonyl (C=O) groups excluding carboxylic acids is 1. The number of unbranched alkanes of at least 4 members (excludes halogenated alkanes) is 16. The van der Waals surface area contributed by atoms with Gasteiger partial charge >= 0.3 is 5.97 Å². The van der Waals surface area contributed by atoms with Crippen LogP contribution in [0, 0.1) is 11.8 Å². The molecule has 0 aromatic heterocycles. The van der Waals surface area contributed by atoms with Crippen molar-refractivity contribution in [2.75, 3.05) is 27.8 Å². The van der Waals surface area contributed by atoms with Gasteiger partial charge in [0.2, 0.25) is 0 Å². The summed E-state index contributed by atoms with van der Waals surface area (Å²) in [4.78, 5) is 11.7. The average Bonchev–Trinajstić information content (AvgIpc) is 3.70. The Morgan fingerprint density at radius 2 is 1.35 bits per heavy atom. The zero-order valence-corrected chi connectivity index (χ0v) is 31.2. The molecule has 0 aromatic carbocycles. The van der Waals surface area contributed by atoms with Crippen molar-refractivity contribution in [3.63, 3.8) is 0 Å². The molecule has 5 atom stereocenters. The van der Waals surface area contributed by atoms with Crippen molar-refractivity contribution in [2.45, 2.75) is 192 Å². The van der Waals surface area contributed by atoms with Gasteiger partial charge in [-0.25, -0.2) is 4.79 Å². The summed E-state index contributed by atoms with van der Waals surface area (Å²) < 4.78 is 34.3. The molecule has 2 aliphatic heterocycles. The first-order chi connectivity index (χ1) is 23.6. The van der Waals surface area contributed by atoms with Crippen LogP contribution in [0.2, 0.25) is 0 Å². The highest BCUT2D eigenvalue weighted by molar-refractivity contribution is 5.90. The molecular weight excluding hydrogens is 604 g/mol. The molecule has 2 aliphatic rings. The number of hydrogen-bond donors (Lipinski definition) is 0. The van der Waals surface area contributed by atoms with Crippen LogP contribution in [0.15, 0.2) is 23.8 Å². The quantitative estimate of drug-likeness (QED) is 0.0325. The van der Waals surface area contributed by atoms with E-state index in [1.807, 2.05) is 19.1 Å². The molecule has 0 N–H and O–H groups in total. The maximum atomic E-state index is 11.7. The zero-order chi connectivity index (χ0) is 34.5. The second kappa shape index (κ2) is 29.1. The third-order valence-electron chi connectivity index (χ3n) is 9.47. The number of esters is 1. The molecule has 0 bridgehead atoms. The summed E-state index contributed by atoms with van der Waals surface area (Å²) in [5, 5.41) is 0. The highest BCUT2D eigenvalue weighted by atomic mass is 16.7. The minimum absolute atomic E-state index is 0.00946. The van der Waals surface area contributed by atoms with Gasteiger partial charge in [0.05, 0.1) is 24.4 Å². The van der Waals surface area contributed by atoms with Gasteiger partial charge in [-0.3, -0.25) is 0 Å². The Balaban J connectivity index is 1.60. The normalized spacial score (nSPS) is 20.5. The lowest BCUT2D eigenvalue weighted by molar-refractivity contribution is -0.156. The lowest BCUT2D eigenvalue weighted by Crippen LogP contribution is -2.34. The fourth-order valence-electron chi connectivity index (χ4n) is 6.69. The fraction of sp³-hybridized carbons (Fsp3) is 0.829. The Kier molecular flexibility index (Phi) is 25.7. The molecule has 1 saturated heterocycles. The van der Waals surface area contributed by atoms with Crippen LogP contribution in [0.5, 0.6) is 0 Å². The van der Waals surface area contributed by atoms with Gasteiger partial charge < -0.3 is 28.4 Å². The molecular formula is C41H70O7. The van der Waals surface area contributed by atoms with Crippen LogP contribution in [0.25, 0.3) is 0 Å². The molecule has 0 aromatic rings. The topological polar surface area (TPSA) is 72.5 Å². The van der Waals surface area contributed by atoms with E-state index in [2.05, 4.69) is 24.8 Å². The van der Waals surface area contributed by atoms with Crippen LogP contribution < -0.4 is 0 Å². The Labute approximate surface area is 294 Å². The Hall–Kier alpha value is -1.69. The lowest BCUT2D eigenvalue weighted by Gasteiger charge is -2.26. The van der Waals surface area contributed by atoms with Crippen molar-refractivity contribution < 1.29 is 33.2 Å². The smallest absolute Gasteiger partial charge is 0.334 e. The standard InChI is InChI=1S/C41H70O7/c1-5-6-7-8-9-10-16-19-22-25-28-37(45-33-43-3)39-30-31-40(48-39)38(46-34-44-4)29-26-23-20-17-14-12-11-13-15-18-21-24-27-36-32-35(2)47-41(36)42/h17,20,32,35,37-40H,5-16,18-19,21-22,24-25,27-31,33-34H2,1-4H3/b20-17+/t35-,37-,38+,39+,40+/m0/s1. The molecule has 1 fully saturated rings. The van der Waals surface area contributed by atoms with Crippen molar-refractivity contribution >= 4 is 5.97 Å². The summed E-state index contributed by atoms with van der Waals surface area (Å²) in [7, 11) is 3.33. The van der Waals surface area contributed by atoms with Crippen LogP contribution >= 0.6 is 0 Å². The summed E-state index contributed by atoms with van der Waals surface area (Å²) in [6.45, 7) is 4.73. The van der Waals surface area contributed by atoms with Crippen molar-refractivity contribution in [3.8, 4) is 11.8 Å². The molecule has 276 valence electrons. The van der Waals surface area contributed by atoms with Crippen LogP contribution in [0.4, 0.5) is 0 Å². The van der Waals surface area contributed by atoms with Crippen molar-refractivity contribution in [3.05, 3.63) is 23.8 Å². The van der Waals surface area contributed by atoms with Crippen LogP contribution in [-0.4, -0.2) is 64.3 Å². The van der Waals surface area contributed by atoms with Gasteiger partial charge in [-0.15, -0.1) is 0 Å². The predicted molar refractivity (Wildman–Crippen MR) is 195 cm³/mol. The summed E-state index contributed by atoms with van der Waals surface area (Å²) in [5.41, 5.74) is 0.864. The number of carbonyl (C=O) groups is 1. The van der Waals surface area contributed by atoms with E-state index in [9.17, 15) is 4.79 Å². The highest BCUT2D eigenvalue weighted by Gasteiger charge is 2.36. The van der Waals surface area contributed by atoms with Crippen LogP contribution in [0.1, 0.15) is 162 Å². The van der Waals surface area contributed by atoms with E-state index in [4.69, 9.17) is 28.4 Å². The molecule has 0 spiro atoms. The number of allylic oxidation sites excluding steroid dienone is 2. The molecule has 48 heavy (non-hydrogen) atoms. The zero-order valence-electron chi connectivity index (χ0n) is 31.2. The van der Waals surface area contributed by atoms with E-state index in [0.717, 1.165) is 50.5 Å². The van der Waals surface area contributed by atoms with Crippen molar-refractivity contribution in [1.29, 1.82) is 0 Å². The van der Waals surface area contributed by atoms with E-state index in [1.54, 1.807) is 14.2 Å². The Morgan fingerprint density at radius 3 is 1.96 bits per heavy atom. The van der Waals surface area contributed by atoms with Gasteiger partial charge in [0.25, 0.3) is 0 Å². The lowest BCUT2D eigenvalue weighted by atomic mass is 10.0. The largest absolute Gasteiger partial charge is 0.455 e. The molecule has 0 radical (unpaired) electrons. The molecule has 7 nitrogen and oxygen atoms in total. The van der Waals surface area contributed by atoms with E-state index < -0.39 is 0 Å². The third-order valence-corrected chi connectivity index (χ3v) is 9.47. The molecule has 2 heterocycles. The molecule has 0 saturated carbocycles. The maximum absolute atomic E-state index is 11.7. The van der Waals surface area contributed by atoms with Crippen molar-refractivity contribution in [1.82, 2.24) is 0 Å². The van der Waals surface area contributed by atoms with Crippen LogP contribution in [0.3, 0.4) is 0 Å². The van der Waals surface area contributed by atoms with Crippen molar-refractivity contribution in [2.24, 2.45) is 0 Å². The Morgan fingerprint density at radius 1 is 0.792 bits per heavy atom. The molecule has 0 amide bonds. The average molecular weight is 675 g/mol. The molecule has 7 heteroatoms. The van der Waals surface area contributed by atoms with E-state index in [1.165, 1.54) is 96.3 Å². The first-order valence-electron chi connectivity index (χ1n) is 19.5. The van der Waals surface area contributed by atoms with Gasteiger partial charge in [0.1, 0.15) is 19.7 Å².